The van der Waals surface area contributed by atoms with Crippen LogP contribution in [0.3, 0.4) is 0 Å². The van der Waals surface area contributed by atoms with Crippen LogP contribution in [0.2, 0.25) is 0 Å². The van der Waals surface area contributed by atoms with E-state index in [1.807, 2.05) is 6.92 Å². The molecule has 0 heterocycles. The van der Waals surface area contributed by atoms with Crippen LogP contribution in [0.1, 0.15) is 30.1 Å². The molecule has 2 aromatic rings. The molecule has 0 aliphatic heterocycles. The van der Waals surface area contributed by atoms with Crippen molar-refractivity contribution in [1.29, 1.82) is 0 Å². The lowest BCUT2D eigenvalue weighted by Crippen LogP contribution is -2.20. The molecule has 0 radical (unpaired) electrons. The number of nitro groups is 1. The van der Waals surface area contributed by atoms with Gasteiger partial charge in [-0.15, -0.1) is 0 Å². The van der Waals surface area contributed by atoms with Crippen LogP contribution in [0.15, 0.2) is 42.5 Å². The van der Waals surface area contributed by atoms with E-state index < -0.39 is 16.8 Å². The van der Waals surface area contributed by atoms with E-state index in [0.29, 0.717) is 17.9 Å². The van der Waals surface area contributed by atoms with Gasteiger partial charge in [0.2, 0.25) is 0 Å². The molecule has 0 aliphatic carbocycles. The van der Waals surface area contributed by atoms with Gasteiger partial charge in [0.15, 0.2) is 6.61 Å². The van der Waals surface area contributed by atoms with E-state index >= 15 is 0 Å². The number of ether oxygens (including phenoxy) is 3. The lowest BCUT2D eigenvalue weighted by molar-refractivity contribution is -0.384. The van der Waals surface area contributed by atoms with Gasteiger partial charge in [0.1, 0.15) is 11.5 Å². The normalized spacial score (nSPS) is 10.1. The molecule has 0 aromatic heterocycles. The van der Waals surface area contributed by atoms with Crippen molar-refractivity contribution in [2.75, 3.05) is 25.6 Å². The minimum atomic E-state index is -0.555. The number of esters is 1. The highest BCUT2D eigenvalue weighted by molar-refractivity contribution is 5.93. The number of carbonyl (C=O) groups excluding carboxylic acids is 2. The minimum absolute atomic E-state index is 0.149. The van der Waals surface area contributed by atoms with E-state index in [1.165, 1.54) is 25.3 Å². The second-order valence-electron chi connectivity index (χ2n) is 5.99. The predicted molar refractivity (Wildman–Crippen MR) is 105 cm³/mol. The SMILES string of the molecule is CCCCOC(=O)c1ccc(OCC(=O)Nc2ccc([N+](=O)[O-])cc2OC)cc1. The molecule has 0 spiro atoms. The number of nitrogens with zero attached hydrogens (tertiary/aromatic N) is 1. The fraction of sp³-hybridized carbons (Fsp3) is 0.300. The van der Waals surface area contributed by atoms with E-state index in [9.17, 15) is 19.7 Å². The molecule has 1 N–H and O–H groups in total. The zero-order valence-corrected chi connectivity index (χ0v) is 16.2. The first kappa shape index (κ1) is 21.7. The highest BCUT2D eigenvalue weighted by Gasteiger charge is 2.14. The average Bonchev–Trinajstić information content (AvgIpc) is 2.72. The van der Waals surface area contributed by atoms with Crippen molar-refractivity contribution < 1.29 is 28.7 Å². The summed E-state index contributed by atoms with van der Waals surface area (Å²) in [5, 5.41) is 13.4. The quantitative estimate of drug-likeness (QED) is 0.279. The molecule has 2 aromatic carbocycles. The lowest BCUT2D eigenvalue weighted by Gasteiger charge is -2.11. The fourth-order valence-corrected chi connectivity index (χ4v) is 2.31. The summed E-state index contributed by atoms with van der Waals surface area (Å²) >= 11 is 0. The Kier molecular flexibility index (Phi) is 7.96. The Balaban J connectivity index is 1.89. The molecule has 9 nitrogen and oxygen atoms in total. The van der Waals surface area contributed by atoms with Gasteiger partial charge in [-0.3, -0.25) is 14.9 Å². The first-order chi connectivity index (χ1) is 13.9. The number of non-ortho nitro benzene ring substituents is 1. The van der Waals surface area contributed by atoms with Crippen molar-refractivity contribution in [3.8, 4) is 11.5 Å². The standard InChI is InChI=1S/C20H22N2O7/c1-3-4-11-28-20(24)14-5-8-16(9-6-14)29-13-19(23)21-17-10-7-15(22(25)26)12-18(17)27-2/h5-10,12H,3-4,11,13H2,1-2H3,(H,21,23). The van der Waals surface area contributed by atoms with Gasteiger partial charge in [-0.25, -0.2) is 4.79 Å². The molecule has 0 bridgehead atoms. The Hall–Kier alpha value is -3.62. The van der Waals surface area contributed by atoms with Crippen LogP contribution in [0.25, 0.3) is 0 Å². The van der Waals surface area contributed by atoms with E-state index in [2.05, 4.69) is 5.32 Å². The van der Waals surface area contributed by atoms with E-state index in [4.69, 9.17) is 14.2 Å². The number of carbonyl (C=O) groups is 2. The number of anilines is 1. The summed E-state index contributed by atoms with van der Waals surface area (Å²) in [6.07, 6.45) is 1.75. The monoisotopic (exact) mass is 402 g/mol. The lowest BCUT2D eigenvalue weighted by atomic mass is 10.2. The highest BCUT2D eigenvalue weighted by atomic mass is 16.6. The van der Waals surface area contributed by atoms with Crippen molar-refractivity contribution in [3.63, 3.8) is 0 Å². The molecule has 1 amide bonds. The van der Waals surface area contributed by atoms with Crippen LogP contribution in [-0.4, -0.2) is 37.1 Å². The third kappa shape index (κ3) is 6.49. The van der Waals surface area contributed by atoms with Gasteiger partial charge in [-0.05, 0) is 36.8 Å². The third-order valence-corrected chi connectivity index (χ3v) is 3.86. The first-order valence-corrected chi connectivity index (χ1v) is 8.97. The van der Waals surface area contributed by atoms with E-state index in [1.54, 1.807) is 24.3 Å². The zero-order chi connectivity index (χ0) is 21.2. The molecule has 0 unspecified atom stereocenters. The first-order valence-electron chi connectivity index (χ1n) is 8.97. The van der Waals surface area contributed by atoms with E-state index in [0.717, 1.165) is 12.8 Å². The molecule has 154 valence electrons. The van der Waals surface area contributed by atoms with Gasteiger partial charge in [-0.1, -0.05) is 13.3 Å². The molecular weight excluding hydrogens is 380 g/mol. The zero-order valence-electron chi connectivity index (χ0n) is 16.2. The smallest absolute Gasteiger partial charge is 0.338 e. The van der Waals surface area contributed by atoms with Crippen molar-refractivity contribution in [3.05, 3.63) is 58.1 Å². The van der Waals surface area contributed by atoms with Gasteiger partial charge in [0, 0.05) is 6.07 Å². The summed E-state index contributed by atoms with van der Waals surface area (Å²) in [7, 11) is 1.35. The topological polar surface area (TPSA) is 117 Å². The molecule has 0 saturated heterocycles. The summed E-state index contributed by atoms with van der Waals surface area (Å²) in [5.41, 5.74) is 0.537. The minimum Gasteiger partial charge on any atom is -0.494 e. The van der Waals surface area contributed by atoms with Crippen LogP contribution in [0.4, 0.5) is 11.4 Å². The van der Waals surface area contributed by atoms with Crippen LogP contribution >= 0.6 is 0 Å². The largest absolute Gasteiger partial charge is 0.494 e. The summed E-state index contributed by atoms with van der Waals surface area (Å²) < 4.78 is 15.6. The number of amides is 1. The molecule has 0 saturated carbocycles. The molecule has 0 atom stereocenters. The van der Waals surface area contributed by atoms with Crippen LogP contribution < -0.4 is 14.8 Å². The summed E-state index contributed by atoms with van der Waals surface area (Å²) in [4.78, 5) is 34.2. The third-order valence-electron chi connectivity index (χ3n) is 3.86. The van der Waals surface area contributed by atoms with Crippen LogP contribution in [-0.2, 0) is 9.53 Å². The van der Waals surface area contributed by atoms with Crippen LogP contribution in [0, 0.1) is 10.1 Å². The Labute approximate surface area is 167 Å². The Morgan fingerprint density at radius 1 is 1.14 bits per heavy atom. The van der Waals surface area contributed by atoms with Crippen molar-refractivity contribution >= 4 is 23.3 Å². The van der Waals surface area contributed by atoms with Gasteiger partial charge < -0.3 is 19.5 Å². The number of rotatable bonds is 10. The number of methoxy groups -OCH3 is 1. The molecule has 9 heteroatoms. The van der Waals surface area contributed by atoms with Crippen molar-refractivity contribution in [2.45, 2.75) is 19.8 Å². The van der Waals surface area contributed by atoms with E-state index in [-0.39, 0.29) is 23.7 Å². The highest BCUT2D eigenvalue weighted by Crippen LogP contribution is 2.28. The summed E-state index contributed by atoms with van der Waals surface area (Å²) in [6.45, 7) is 2.09. The number of hydrogen-bond acceptors (Lipinski definition) is 7. The van der Waals surface area contributed by atoms with Crippen molar-refractivity contribution in [1.82, 2.24) is 0 Å². The van der Waals surface area contributed by atoms with Gasteiger partial charge in [-0.2, -0.15) is 0 Å². The number of nitrogens with one attached hydrogen (secondary N) is 1. The summed E-state index contributed by atoms with van der Waals surface area (Å²) in [5.74, 6) is -0.312. The molecule has 2 rings (SSSR count). The summed E-state index contributed by atoms with van der Waals surface area (Å²) in [6, 6.07) is 10.1. The maximum absolute atomic E-state index is 12.1. The predicted octanol–water partition coefficient (Wildman–Crippen LogP) is 3.58. The molecular formula is C20H22N2O7. The fourth-order valence-electron chi connectivity index (χ4n) is 2.31. The number of unbranched alkanes of at least 4 members (excludes halogenated alkanes) is 1. The maximum atomic E-state index is 12.1. The molecule has 0 fully saturated rings. The van der Waals surface area contributed by atoms with Gasteiger partial charge in [0.25, 0.3) is 11.6 Å². The van der Waals surface area contributed by atoms with Crippen molar-refractivity contribution in [2.24, 2.45) is 0 Å². The Morgan fingerprint density at radius 3 is 2.48 bits per heavy atom. The van der Waals surface area contributed by atoms with Crippen LogP contribution in [0.5, 0.6) is 11.5 Å². The van der Waals surface area contributed by atoms with Gasteiger partial charge in [0.05, 0.1) is 36.0 Å². The Morgan fingerprint density at radius 2 is 1.86 bits per heavy atom. The molecule has 29 heavy (non-hydrogen) atoms. The average molecular weight is 402 g/mol. The number of benzene rings is 2. The Bertz CT molecular complexity index is 866. The molecule has 0 aliphatic rings. The maximum Gasteiger partial charge on any atom is 0.338 e. The number of hydrogen-bond donors (Lipinski definition) is 1. The second-order valence-corrected chi connectivity index (χ2v) is 5.99. The second kappa shape index (κ2) is 10.6. The van der Waals surface area contributed by atoms with Gasteiger partial charge >= 0.3 is 5.97 Å². The number of nitro benzene ring substituents is 1.